The summed E-state index contributed by atoms with van der Waals surface area (Å²) in [4.78, 5) is 12.3. The first-order valence-corrected chi connectivity index (χ1v) is 7.02. The molecule has 1 aromatic rings. The number of benzene rings is 1. The minimum atomic E-state index is -0.0411. The van der Waals surface area contributed by atoms with E-state index in [1.807, 2.05) is 13.0 Å². The minimum Gasteiger partial charge on any atom is -0.352 e. The Morgan fingerprint density at radius 3 is 2.82 bits per heavy atom. The normalized spacial score (nSPS) is 12.2. The lowest BCUT2D eigenvalue weighted by molar-refractivity contribution is 0.0953. The lowest BCUT2D eigenvalue weighted by Crippen LogP contribution is -2.26. The van der Waals surface area contributed by atoms with Crippen LogP contribution < -0.4 is 5.32 Å². The van der Waals surface area contributed by atoms with Gasteiger partial charge in [0.2, 0.25) is 0 Å². The summed E-state index contributed by atoms with van der Waals surface area (Å²) in [5, 5.41) is 3.59. The first kappa shape index (κ1) is 14.5. The Labute approximate surface area is 116 Å². The van der Waals surface area contributed by atoms with Crippen LogP contribution >= 0.6 is 27.5 Å². The Kier molecular flexibility index (Phi) is 6.00. The van der Waals surface area contributed by atoms with E-state index in [-0.39, 0.29) is 5.91 Å². The monoisotopic (exact) mass is 317 g/mol. The van der Waals surface area contributed by atoms with E-state index >= 15 is 0 Å². The van der Waals surface area contributed by atoms with Crippen molar-refractivity contribution in [3.8, 4) is 0 Å². The zero-order valence-corrected chi connectivity index (χ0v) is 12.4. The summed E-state index contributed by atoms with van der Waals surface area (Å²) in [6.45, 7) is 4.69. The van der Waals surface area contributed by atoms with Gasteiger partial charge in [-0.1, -0.05) is 34.5 Å². The van der Waals surface area contributed by atoms with Crippen LogP contribution in [0, 0.1) is 6.92 Å². The highest BCUT2D eigenvalue weighted by atomic mass is 79.9. The summed E-state index contributed by atoms with van der Waals surface area (Å²) >= 11 is 9.45. The molecule has 0 spiro atoms. The zero-order valence-electron chi connectivity index (χ0n) is 10.1. The van der Waals surface area contributed by atoms with Crippen LogP contribution in [0.2, 0.25) is 5.02 Å². The molecule has 0 bridgehead atoms. The van der Waals surface area contributed by atoms with Crippen molar-refractivity contribution in [1.29, 1.82) is 0 Å². The van der Waals surface area contributed by atoms with Crippen LogP contribution in [0.5, 0.6) is 0 Å². The first-order valence-electron chi connectivity index (χ1n) is 5.73. The topological polar surface area (TPSA) is 29.1 Å². The molecule has 1 aromatic carbocycles. The van der Waals surface area contributed by atoms with Crippen molar-refractivity contribution in [3.63, 3.8) is 0 Å². The lowest BCUT2D eigenvalue weighted by Gasteiger charge is -2.09. The van der Waals surface area contributed by atoms with Gasteiger partial charge in [-0.3, -0.25) is 4.79 Å². The second kappa shape index (κ2) is 7.02. The highest BCUT2D eigenvalue weighted by molar-refractivity contribution is 9.09. The number of nitrogens with one attached hydrogen (secondary N) is 1. The van der Waals surface area contributed by atoms with Crippen LogP contribution in [0.3, 0.4) is 0 Å². The number of aryl methyl sites for hydroxylation is 1. The van der Waals surface area contributed by atoms with Crippen molar-refractivity contribution in [3.05, 3.63) is 34.3 Å². The molecule has 1 N–H and O–H groups in total. The molecular weight excluding hydrogens is 302 g/mol. The summed E-state index contributed by atoms with van der Waals surface area (Å²) in [5.41, 5.74) is 1.58. The fourth-order valence-electron chi connectivity index (χ4n) is 1.43. The highest BCUT2D eigenvalue weighted by Crippen LogP contribution is 2.16. The van der Waals surface area contributed by atoms with Gasteiger partial charge < -0.3 is 5.32 Å². The lowest BCUT2D eigenvalue weighted by atomic mass is 10.1. The molecule has 1 rings (SSSR count). The largest absolute Gasteiger partial charge is 0.352 e. The van der Waals surface area contributed by atoms with E-state index < -0.39 is 0 Å². The molecule has 0 saturated heterocycles. The molecule has 0 aliphatic carbocycles. The molecule has 0 heterocycles. The van der Waals surface area contributed by atoms with Crippen LogP contribution in [-0.4, -0.2) is 17.3 Å². The molecule has 1 unspecified atom stereocenters. The van der Waals surface area contributed by atoms with E-state index in [0.717, 1.165) is 18.4 Å². The third kappa shape index (κ3) is 4.68. The van der Waals surface area contributed by atoms with Gasteiger partial charge in [0, 0.05) is 22.0 Å². The maximum Gasteiger partial charge on any atom is 0.251 e. The van der Waals surface area contributed by atoms with Gasteiger partial charge in [0.1, 0.15) is 0 Å². The Morgan fingerprint density at radius 2 is 2.24 bits per heavy atom. The third-order valence-corrected chi connectivity index (χ3v) is 4.14. The smallest absolute Gasteiger partial charge is 0.251 e. The molecule has 17 heavy (non-hydrogen) atoms. The van der Waals surface area contributed by atoms with E-state index in [2.05, 4.69) is 28.2 Å². The summed E-state index contributed by atoms with van der Waals surface area (Å²) in [5.74, 6) is -0.0411. The number of carbonyl (C=O) groups excluding carboxylic acids is 1. The predicted octanol–water partition coefficient (Wildman–Crippen LogP) is 3.94. The Morgan fingerprint density at radius 1 is 1.53 bits per heavy atom. The minimum absolute atomic E-state index is 0.0411. The second-order valence-corrected chi connectivity index (χ2v) is 5.72. The van der Waals surface area contributed by atoms with E-state index in [1.165, 1.54) is 0 Å². The molecule has 0 fully saturated rings. The van der Waals surface area contributed by atoms with Gasteiger partial charge in [0.15, 0.2) is 0 Å². The molecule has 0 aliphatic rings. The van der Waals surface area contributed by atoms with Gasteiger partial charge in [-0.15, -0.1) is 0 Å². The number of hydrogen-bond donors (Lipinski definition) is 1. The molecule has 1 atom stereocenters. The van der Waals surface area contributed by atoms with Crippen molar-refractivity contribution in [2.24, 2.45) is 0 Å². The van der Waals surface area contributed by atoms with Crippen LogP contribution in [-0.2, 0) is 0 Å². The molecule has 2 nitrogen and oxygen atoms in total. The summed E-state index contributed by atoms with van der Waals surface area (Å²) < 4.78 is 0. The number of halogens is 2. The third-order valence-electron chi connectivity index (χ3n) is 2.61. The van der Waals surface area contributed by atoms with Crippen LogP contribution in [0.25, 0.3) is 0 Å². The average molecular weight is 319 g/mol. The molecule has 0 aliphatic heterocycles. The number of hydrogen-bond acceptors (Lipinski definition) is 1. The molecule has 4 heteroatoms. The molecule has 1 amide bonds. The van der Waals surface area contributed by atoms with Crippen LogP contribution in [0.15, 0.2) is 18.2 Å². The Hall–Kier alpha value is -0.540. The van der Waals surface area contributed by atoms with Gasteiger partial charge in [-0.05, 0) is 43.5 Å². The Balaban J connectivity index is 2.50. The number of rotatable bonds is 5. The van der Waals surface area contributed by atoms with Crippen molar-refractivity contribution >= 4 is 33.4 Å². The summed E-state index contributed by atoms with van der Waals surface area (Å²) in [7, 11) is 0. The van der Waals surface area contributed by atoms with Crippen molar-refractivity contribution in [2.45, 2.75) is 31.5 Å². The number of alkyl halides is 1. The molecule has 0 saturated carbocycles. The van der Waals surface area contributed by atoms with Crippen LogP contribution in [0.1, 0.15) is 35.7 Å². The second-order valence-electron chi connectivity index (χ2n) is 4.01. The van der Waals surface area contributed by atoms with Crippen molar-refractivity contribution in [1.82, 2.24) is 5.32 Å². The van der Waals surface area contributed by atoms with Gasteiger partial charge >= 0.3 is 0 Å². The fourth-order valence-corrected chi connectivity index (χ4v) is 1.78. The van der Waals surface area contributed by atoms with Gasteiger partial charge in [0.25, 0.3) is 5.91 Å². The maximum absolute atomic E-state index is 11.8. The number of carbonyl (C=O) groups is 1. The van der Waals surface area contributed by atoms with E-state index in [1.54, 1.807) is 12.1 Å². The first-order chi connectivity index (χ1) is 8.04. The number of amides is 1. The van der Waals surface area contributed by atoms with E-state index in [9.17, 15) is 4.79 Å². The SMILES string of the molecule is CCC(Br)CCNC(=O)c1ccc(Cl)c(C)c1. The van der Waals surface area contributed by atoms with Crippen LogP contribution in [0.4, 0.5) is 0 Å². The van der Waals surface area contributed by atoms with Crippen molar-refractivity contribution < 1.29 is 4.79 Å². The molecule has 0 radical (unpaired) electrons. The maximum atomic E-state index is 11.8. The fraction of sp³-hybridized carbons (Fsp3) is 0.462. The van der Waals surface area contributed by atoms with Gasteiger partial charge in [-0.25, -0.2) is 0 Å². The molecule has 94 valence electrons. The molecular formula is C13H17BrClNO. The Bertz CT molecular complexity index is 395. The predicted molar refractivity (Wildman–Crippen MR) is 76.1 cm³/mol. The quantitative estimate of drug-likeness (QED) is 0.819. The van der Waals surface area contributed by atoms with Gasteiger partial charge in [-0.2, -0.15) is 0 Å². The van der Waals surface area contributed by atoms with E-state index in [4.69, 9.17) is 11.6 Å². The summed E-state index contributed by atoms with van der Waals surface area (Å²) in [6, 6.07) is 5.31. The molecule has 0 aromatic heterocycles. The standard InChI is InChI=1S/C13H17BrClNO/c1-3-11(14)6-7-16-13(17)10-4-5-12(15)9(2)8-10/h4-5,8,11H,3,6-7H2,1-2H3,(H,16,17). The highest BCUT2D eigenvalue weighted by Gasteiger charge is 2.07. The van der Waals surface area contributed by atoms with Gasteiger partial charge in [0.05, 0.1) is 0 Å². The summed E-state index contributed by atoms with van der Waals surface area (Å²) in [6.07, 6.45) is 2.00. The zero-order chi connectivity index (χ0) is 12.8. The van der Waals surface area contributed by atoms with Crippen molar-refractivity contribution in [2.75, 3.05) is 6.54 Å². The average Bonchev–Trinajstić information content (AvgIpc) is 2.32. The van der Waals surface area contributed by atoms with E-state index in [0.29, 0.717) is 22.0 Å².